The van der Waals surface area contributed by atoms with E-state index in [2.05, 4.69) is 28.2 Å². The van der Waals surface area contributed by atoms with Gasteiger partial charge in [-0.25, -0.2) is 4.79 Å². The highest BCUT2D eigenvalue weighted by atomic mass is 16.2. The quantitative estimate of drug-likeness (QED) is 0.605. The van der Waals surface area contributed by atoms with Gasteiger partial charge in [0.15, 0.2) is 0 Å². The summed E-state index contributed by atoms with van der Waals surface area (Å²) in [6.45, 7) is 4.08. The van der Waals surface area contributed by atoms with Crippen LogP contribution in [0.25, 0.3) is 0 Å². The lowest BCUT2D eigenvalue weighted by Gasteiger charge is -2.25. The van der Waals surface area contributed by atoms with Crippen molar-refractivity contribution < 1.29 is 9.59 Å². The number of nitrogens with one attached hydrogen (secondary N) is 4. The lowest BCUT2D eigenvalue weighted by atomic mass is 9.96. The Morgan fingerprint density at radius 1 is 1.25 bits per heavy atom. The first-order valence-electron chi connectivity index (χ1n) is 7.63. The van der Waals surface area contributed by atoms with Crippen LogP contribution in [0.3, 0.4) is 0 Å². The Balaban J connectivity index is 1.64. The highest BCUT2D eigenvalue weighted by Crippen LogP contribution is 2.17. The number of carbonyl (C=O) groups excluding carboxylic acids is 2. The van der Waals surface area contributed by atoms with Crippen LogP contribution >= 0.6 is 0 Å². The first-order chi connectivity index (χ1) is 9.57. The van der Waals surface area contributed by atoms with Crippen LogP contribution < -0.4 is 21.3 Å². The van der Waals surface area contributed by atoms with Gasteiger partial charge in [-0.15, -0.1) is 0 Å². The van der Waals surface area contributed by atoms with E-state index in [1.165, 1.54) is 6.42 Å². The Morgan fingerprint density at radius 3 is 2.65 bits per heavy atom. The molecule has 0 radical (unpaired) electrons. The van der Waals surface area contributed by atoms with E-state index in [-0.39, 0.29) is 30.1 Å². The summed E-state index contributed by atoms with van der Waals surface area (Å²) in [5.74, 6) is -0.272. The van der Waals surface area contributed by atoms with Crippen molar-refractivity contribution >= 4 is 11.9 Å². The maximum absolute atomic E-state index is 11.7. The first kappa shape index (κ1) is 15.3. The molecular formula is C14H26N4O2. The van der Waals surface area contributed by atoms with Crippen LogP contribution in [0.2, 0.25) is 0 Å². The molecule has 1 atom stereocenters. The summed E-state index contributed by atoms with van der Waals surface area (Å²) in [6, 6.07) is -0.139. The molecule has 0 bridgehead atoms. The summed E-state index contributed by atoms with van der Waals surface area (Å²) in [5.41, 5.74) is -0.0445. The van der Waals surface area contributed by atoms with Crippen LogP contribution in [0.5, 0.6) is 0 Å². The molecule has 1 aliphatic carbocycles. The molecule has 20 heavy (non-hydrogen) atoms. The Kier molecular flexibility index (Phi) is 5.37. The second-order valence-electron chi connectivity index (χ2n) is 6.20. The topological polar surface area (TPSA) is 82.3 Å². The van der Waals surface area contributed by atoms with E-state index in [1.54, 1.807) is 0 Å². The molecule has 0 spiro atoms. The van der Waals surface area contributed by atoms with E-state index >= 15 is 0 Å². The maximum atomic E-state index is 11.7. The smallest absolute Gasteiger partial charge is 0.321 e. The molecular weight excluding hydrogens is 256 g/mol. The van der Waals surface area contributed by atoms with Crippen molar-refractivity contribution in [2.75, 3.05) is 19.6 Å². The van der Waals surface area contributed by atoms with E-state index in [4.69, 9.17) is 0 Å². The van der Waals surface area contributed by atoms with E-state index in [0.717, 1.165) is 45.2 Å². The summed E-state index contributed by atoms with van der Waals surface area (Å²) in [6.07, 6.45) is 6.59. The van der Waals surface area contributed by atoms with Gasteiger partial charge < -0.3 is 16.0 Å². The van der Waals surface area contributed by atoms with Gasteiger partial charge in [-0.3, -0.25) is 10.1 Å². The molecule has 0 aromatic carbocycles. The van der Waals surface area contributed by atoms with Gasteiger partial charge >= 0.3 is 6.03 Å². The average molecular weight is 282 g/mol. The zero-order chi connectivity index (χ0) is 14.4. The van der Waals surface area contributed by atoms with Crippen LogP contribution in [0.1, 0.15) is 45.4 Å². The van der Waals surface area contributed by atoms with Crippen molar-refractivity contribution in [1.82, 2.24) is 21.3 Å². The van der Waals surface area contributed by atoms with Crippen LogP contribution in [0, 0.1) is 0 Å². The number of hydrogen-bond donors (Lipinski definition) is 4. The molecule has 0 aromatic heterocycles. The van der Waals surface area contributed by atoms with Crippen LogP contribution in [0.4, 0.5) is 4.79 Å². The number of carbonyl (C=O) groups is 2. The molecule has 1 aliphatic heterocycles. The molecule has 1 saturated heterocycles. The third kappa shape index (κ3) is 4.76. The molecule has 4 N–H and O–H groups in total. The second-order valence-corrected chi connectivity index (χ2v) is 6.20. The third-order valence-corrected chi connectivity index (χ3v) is 4.24. The minimum Gasteiger partial charge on any atom is -0.335 e. The molecule has 2 aliphatic rings. The molecule has 2 fully saturated rings. The summed E-state index contributed by atoms with van der Waals surface area (Å²) in [4.78, 5) is 23.5. The molecule has 1 unspecified atom stereocenters. The Labute approximate surface area is 120 Å². The number of hydrogen-bond acceptors (Lipinski definition) is 4. The fourth-order valence-electron chi connectivity index (χ4n) is 2.90. The van der Waals surface area contributed by atoms with Gasteiger partial charge in [0.2, 0.25) is 5.91 Å². The van der Waals surface area contributed by atoms with Gasteiger partial charge in [-0.2, -0.15) is 0 Å². The Morgan fingerprint density at radius 2 is 2.00 bits per heavy atom. The van der Waals surface area contributed by atoms with E-state index in [1.807, 2.05) is 0 Å². The molecule has 1 heterocycles. The van der Waals surface area contributed by atoms with Crippen LogP contribution in [-0.2, 0) is 4.79 Å². The Hall–Kier alpha value is -1.14. The van der Waals surface area contributed by atoms with E-state index in [0.29, 0.717) is 0 Å². The standard InChI is InChI=1S/C14H26N4O2/c1-14(7-8-15-10-14)16-9-12(19)18-13(20)17-11-5-3-2-4-6-11/h11,15-16H,2-10H2,1H3,(H2,17,18,19,20). The summed E-state index contributed by atoms with van der Waals surface area (Å²) in [7, 11) is 0. The predicted molar refractivity (Wildman–Crippen MR) is 77.4 cm³/mol. The zero-order valence-corrected chi connectivity index (χ0v) is 12.3. The number of amides is 3. The SMILES string of the molecule is CC1(NCC(=O)NC(=O)NC2CCCCC2)CCNC1. The van der Waals surface area contributed by atoms with Crippen LogP contribution in [0.15, 0.2) is 0 Å². The lowest BCUT2D eigenvalue weighted by molar-refractivity contribution is -0.119. The van der Waals surface area contributed by atoms with Gasteiger partial charge in [-0.05, 0) is 32.7 Å². The molecule has 1 saturated carbocycles. The van der Waals surface area contributed by atoms with Gasteiger partial charge in [0.1, 0.15) is 0 Å². The fraction of sp³-hybridized carbons (Fsp3) is 0.857. The highest BCUT2D eigenvalue weighted by molar-refractivity contribution is 5.95. The van der Waals surface area contributed by atoms with Crippen LogP contribution in [-0.4, -0.2) is 43.2 Å². The van der Waals surface area contributed by atoms with E-state index in [9.17, 15) is 9.59 Å². The van der Waals surface area contributed by atoms with E-state index < -0.39 is 0 Å². The minimum absolute atomic E-state index is 0.0445. The normalized spacial score (nSPS) is 27.2. The van der Waals surface area contributed by atoms with Crippen molar-refractivity contribution in [3.05, 3.63) is 0 Å². The monoisotopic (exact) mass is 282 g/mol. The molecule has 6 nitrogen and oxygen atoms in total. The third-order valence-electron chi connectivity index (χ3n) is 4.24. The summed E-state index contributed by atoms with van der Waals surface area (Å²) >= 11 is 0. The number of rotatable bonds is 4. The molecule has 3 amide bonds. The van der Waals surface area contributed by atoms with Crippen molar-refractivity contribution in [3.8, 4) is 0 Å². The van der Waals surface area contributed by atoms with Crippen molar-refractivity contribution in [2.24, 2.45) is 0 Å². The van der Waals surface area contributed by atoms with Crippen molar-refractivity contribution in [2.45, 2.75) is 57.0 Å². The number of imide groups is 1. The predicted octanol–water partition coefficient (Wildman–Crippen LogP) is 0.487. The minimum atomic E-state index is -0.363. The van der Waals surface area contributed by atoms with Gasteiger partial charge in [-0.1, -0.05) is 19.3 Å². The van der Waals surface area contributed by atoms with Gasteiger partial charge in [0, 0.05) is 18.1 Å². The maximum Gasteiger partial charge on any atom is 0.321 e. The average Bonchev–Trinajstić information content (AvgIpc) is 2.85. The van der Waals surface area contributed by atoms with Gasteiger partial charge in [0.05, 0.1) is 6.54 Å². The second kappa shape index (κ2) is 7.04. The summed E-state index contributed by atoms with van der Waals surface area (Å²) < 4.78 is 0. The highest BCUT2D eigenvalue weighted by Gasteiger charge is 2.28. The summed E-state index contributed by atoms with van der Waals surface area (Å²) in [5, 5.41) is 11.7. The van der Waals surface area contributed by atoms with Crippen molar-refractivity contribution in [3.63, 3.8) is 0 Å². The molecule has 2 rings (SSSR count). The molecule has 6 heteroatoms. The van der Waals surface area contributed by atoms with Crippen molar-refractivity contribution in [1.29, 1.82) is 0 Å². The first-order valence-corrected chi connectivity index (χ1v) is 7.63. The largest absolute Gasteiger partial charge is 0.335 e. The number of urea groups is 1. The fourth-order valence-corrected chi connectivity index (χ4v) is 2.90. The molecule has 114 valence electrons. The lowest BCUT2D eigenvalue weighted by Crippen LogP contribution is -2.51. The Bertz CT molecular complexity index is 347. The zero-order valence-electron chi connectivity index (χ0n) is 12.3. The van der Waals surface area contributed by atoms with Gasteiger partial charge in [0.25, 0.3) is 0 Å². The molecule has 0 aromatic rings.